The number of nitrogens with zero attached hydrogens (tertiary/aromatic N) is 2. The number of para-hydroxylation sites is 2. The first-order valence-electron chi connectivity index (χ1n) is 10.2. The zero-order valence-electron chi connectivity index (χ0n) is 18.0. The van der Waals surface area contributed by atoms with Crippen molar-refractivity contribution in [2.24, 2.45) is 0 Å². The molecule has 0 saturated carbocycles. The quantitative estimate of drug-likeness (QED) is 0.379. The highest BCUT2D eigenvalue weighted by atomic mass is 32.2. The van der Waals surface area contributed by atoms with E-state index in [1.54, 1.807) is 14.0 Å². The van der Waals surface area contributed by atoms with Gasteiger partial charge in [0.15, 0.2) is 5.16 Å². The summed E-state index contributed by atoms with van der Waals surface area (Å²) in [5.41, 5.74) is 2.74. The Morgan fingerprint density at radius 1 is 1.16 bits per heavy atom. The number of hydrogen-bond donors (Lipinski definition) is 1. The van der Waals surface area contributed by atoms with Crippen LogP contribution in [-0.2, 0) is 20.9 Å². The van der Waals surface area contributed by atoms with Crippen molar-refractivity contribution in [1.29, 1.82) is 0 Å². The largest absolute Gasteiger partial charge is 0.497 e. The lowest BCUT2D eigenvalue weighted by molar-refractivity contribution is -0.143. The van der Waals surface area contributed by atoms with Gasteiger partial charge in [-0.1, -0.05) is 36.0 Å². The Morgan fingerprint density at radius 2 is 1.97 bits per heavy atom. The average Bonchev–Trinajstić information content (AvgIpc) is 3.15. The van der Waals surface area contributed by atoms with Crippen molar-refractivity contribution >= 4 is 34.7 Å². The molecule has 3 aromatic rings. The molecule has 1 unspecified atom stereocenters. The second-order valence-corrected chi connectivity index (χ2v) is 7.76. The van der Waals surface area contributed by atoms with Crippen LogP contribution in [0.3, 0.4) is 0 Å². The molecule has 8 heteroatoms. The van der Waals surface area contributed by atoms with E-state index in [-0.39, 0.29) is 24.1 Å². The number of ether oxygens (including phenoxy) is 2. The van der Waals surface area contributed by atoms with Gasteiger partial charge in [-0.25, -0.2) is 4.98 Å². The summed E-state index contributed by atoms with van der Waals surface area (Å²) >= 11 is 1.38. The summed E-state index contributed by atoms with van der Waals surface area (Å²) in [5.74, 6) is 0.298. The highest BCUT2D eigenvalue weighted by Gasteiger charge is 2.21. The maximum absolute atomic E-state index is 12.8. The molecule has 3 rings (SSSR count). The number of aromatic nitrogens is 2. The Morgan fingerprint density at radius 3 is 2.71 bits per heavy atom. The van der Waals surface area contributed by atoms with Gasteiger partial charge in [0.1, 0.15) is 5.75 Å². The molecule has 31 heavy (non-hydrogen) atoms. The number of amides is 1. The number of esters is 1. The summed E-state index contributed by atoms with van der Waals surface area (Å²) in [5, 5.41) is 3.76. The fraction of sp³-hybridized carbons (Fsp3) is 0.348. The standard InChI is InChI=1S/C23H27N3O4S/c1-4-26-20-12-7-6-11-18(20)25-23(26)31-15-21(27)24-19(14-22(28)30-5-2)16-9-8-10-17(13-16)29-3/h6-13,19H,4-5,14-15H2,1-3H3,(H,24,27). The maximum Gasteiger partial charge on any atom is 0.308 e. The lowest BCUT2D eigenvalue weighted by Crippen LogP contribution is -2.32. The van der Waals surface area contributed by atoms with Crippen molar-refractivity contribution in [2.45, 2.75) is 38.0 Å². The minimum absolute atomic E-state index is 0.0465. The van der Waals surface area contributed by atoms with Gasteiger partial charge in [-0.2, -0.15) is 0 Å². The van der Waals surface area contributed by atoms with Crippen molar-refractivity contribution in [3.63, 3.8) is 0 Å². The monoisotopic (exact) mass is 441 g/mol. The SMILES string of the molecule is CCOC(=O)CC(NC(=O)CSc1nc2ccccc2n1CC)c1cccc(OC)c1. The average molecular weight is 442 g/mol. The highest BCUT2D eigenvalue weighted by Crippen LogP contribution is 2.25. The van der Waals surface area contributed by atoms with Gasteiger partial charge in [0.2, 0.25) is 5.91 Å². The number of hydrogen-bond acceptors (Lipinski definition) is 6. The van der Waals surface area contributed by atoms with E-state index in [0.717, 1.165) is 28.3 Å². The first-order chi connectivity index (χ1) is 15.0. The summed E-state index contributed by atoms with van der Waals surface area (Å²) in [7, 11) is 1.58. The van der Waals surface area contributed by atoms with Gasteiger partial charge in [0, 0.05) is 6.54 Å². The Balaban J connectivity index is 1.72. The van der Waals surface area contributed by atoms with Crippen molar-refractivity contribution in [2.75, 3.05) is 19.5 Å². The molecule has 1 amide bonds. The molecule has 0 radical (unpaired) electrons. The van der Waals surface area contributed by atoms with Crippen LogP contribution in [-0.4, -0.2) is 40.9 Å². The van der Waals surface area contributed by atoms with E-state index in [9.17, 15) is 9.59 Å². The van der Waals surface area contributed by atoms with Gasteiger partial charge < -0.3 is 19.4 Å². The summed E-state index contributed by atoms with van der Waals surface area (Å²) in [4.78, 5) is 29.5. The fourth-order valence-electron chi connectivity index (χ4n) is 3.33. The Kier molecular flexibility index (Phi) is 7.94. The Bertz CT molecular complexity index is 1050. The number of fused-ring (bicyclic) bond motifs is 1. The number of carbonyl (C=O) groups is 2. The van der Waals surface area contributed by atoms with Crippen LogP contribution >= 0.6 is 11.8 Å². The van der Waals surface area contributed by atoms with E-state index < -0.39 is 6.04 Å². The van der Waals surface area contributed by atoms with Crippen LogP contribution in [0.15, 0.2) is 53.7 Å². The van der Waals surface area contributed by atoms with Gasteiger partial charge in [0.05, 0.1) is 43.0 Å². The second-order valence-electron chi connectivity index (χ2n) is 6.82. The van der Waals surface area contributed by atoms with Crippen LogP contribution in [0.2, 0.25) is 0 Å². The smallest absolute Gasteiger partial charge is 0.308 e. The van der Waals surface area contributed by atoms with E-state index in [1.165, 1.54) is 11.8 Å². The van der Waals surface area contributed by atoms with Gasteiger partial charge in [-0.15, -0.1) is 0 Å². The molecule has 164 valence electrons. The van der Waals surface area contributed by atoms with Crippen LogP contribution in [0.4, 0.5) is 0 Å². The molecule has 1 atom stereocenters. The fourth-order valence-corrected chi connectivity index (χ4v) is 4.22. The lowest BCUT2D eigenvalue weighted by Gasteiger charge is -2.19. The minimum Gasteiger partial charge on any atom is -0.497 e. The minimum atomic E-state index is -0.507. The van der Waals surface area contributed by atoms with E-state index >= 15 is 0 Å². The van der Waals surface area contributed by atoms with Crippen molar-refractivity contribution in [1.82, 2.24) is 14.9 Å². The van der Waals surface area contributed by atoms with Gasteiger partial charge in [-0.05, 0) is 43.7 Å². The third-order valence-electron chi connectivity index (χ3n) is 4.78. The number of aryl methyl sites for hydroxylation is 1. The normalized spacial score (nSPS) is 11.8. The molecule has 7 nitrogen and oxygen atoms in total. The molecule has 0 aliphatic heterocycles. The van der Waals surface area contributed by atoms with Gasteiger partial charge >= 0.3 is 5.97 Å². The number of benzene rings is 2. The second kappa shape index (κ2) is 10.9. The van der Waals surface area contributed by atoms with Crippen molar-refractivity contribution in [3.05, 3.63) is 54.1 Å². The predicted octanol–water partition coefficient (Wildman–Crippen LogP) is 3.97. The molecule has 0 spiro atoms. The number of nitrogens with one attached hydrogen (secondary N) is 1. The van der Waals surface area contributed by atoms with E-state index in [4.69, 9.17) is 9.47 Å². The topological polar surface area (TPSA) is 82.5 Å². The number of methoxy groups -OCH3 is 1. The Hall–Kier alpha value is -3.00. The Labute approximate surface area is 186 Å². The first kappa shape index (κ1) is 22.7. The van der Waals surface area contributed by atoms with E-state index in [0.29, 0.717) is 12.4 Å². The predicted molar refractivity (Wildman–Crippen MR) is 121 cm³/mol. The van der Waals surface area contributed by atoms with Crippen LogP contribution in [0.1, 0.15) is 31.9 Å². The summed E-state index contributed by atoms with van der Waals surface area (Å²) in [6, 6.07) is 14.7. The summed E-state index contributed by atoms with van der Waals surface area (Å²) in [6.45, 7) is 4.87. The molecule has 0 bridgehead atoms. The first-order valence-corrected chi connectivity index (χ1v) is 11.2. The van der Waals surface area contributed by atoms with E-state index in [2.05, 4.69) is 21.8 Å². The molecule has 0 aliphatic rings. The number of carbonyl (C=O) groups excluding carboxylic acids is 2. The van der Waals surface area contributed by atoms with Crippen LogP contribution in [0, 0.1) is 0 Å². The molecule has 0 saturated heterocycles. The van der Waals surface area contributed by atoms with Crippen molar-refractivity contribution in [3.8, 4) is 5.75 Å². The molecule has 2 aromatic carbocycles. The van der Waals surface area contributed by atoms with Gasteiger partial charge in [-0.3, -0.25) is 9.59 Å². The van der Waals surface area contributed by atoms with Crippen LogP contribution in [0.5, 0.6) is 5.75 Å². The van der Waals surface area contributed by atoms with E-state index in [1.807, 2.05) is 48.5 Å². The molecule has 0 aliphatic carbocycles. The highest BCUT2D eigenvalue weighted by molar-refractivity contribution is 7.99. The molecule has 1 heterocycles. The lowest BCUT2D eigenvalue weighted by atomic mass is 10.0. The summed E-state index contributed by atoms with van der Waals surface area (Å²) < 4.78 is 12.5. The molecular formula is C23H27N3O4S. The maximum atomic E-state index is 12.8. The summed E-state index contributed by atoms with van der Waals surface area (Å²) in [6.07, 6.45) is 0.0465. The molecule has 1 N–H and O–H groups in total. The van der Waals surface area contributed by atoms with Crippen LogP contribution < -0.4 is 10.1 Å². The van der Waals surface area contributed by atoms with Crippen molar-refractivity contribution < 1.29 is 19.1 Å². The molecular weight excluding hydrogens is 414 g/mol. The third kappa shape index (κ3) is 5.79. The number of rotatable bonds is 10. The zero-order valence-corrected chi connectivity index (χ0v) is 18.8. The molecule has 0 fully saturated rings. The number of thioether (sulfide) groups is 1. The zero-order chi connectivity index (χ0) is 22.2. The third-order valence-corrected chi connectivity index (χ3v) is 5.75. The number of imidazole rings is 1. The molecule has 1 aromatic heterocycles. The van der Waals surface area contributed by atoms with Crippen LogP contribution in [0.25, 0.3) is 11.0 Å². The van der Waals surface area contributed by atoms with Gasteiger partial charge in [0.25, 0.3) is 0 Å².